The van der Waals surface area contributed by atoms with E-state index < -0.39 is 6.04 Å². The van der Waals surface area contributed by atoms with E-state index in [0.29, 0.717) is 24.5 Å². The Morgan fingerprint density at radius 2 is 1.81 bits per heavy atom. The number of nitrogens with one attached hydrogen (secondary N) is 1. The predicted octanol–water partition coefficient (Wildman–Crippen LogP) is 2.50. The Hall–Kier alpha value is -2.12. The molecule has 0 spiro atoms. The largest absolute Gasteiger partial charge is 0.344 e. The lowest BCUT2D eigenvalue weighted by atomic mass is 9.93. The number of hydrogen-bond acceptors (Lipinski definition) is 4. The molecule has 2 atom stereocenters. The molecule has 3 amide bonds. The van der Waals surface area contributed by atoms with Crippen LogP contribution in [0.3, 0.4) is 0 Å². The zero-order chi connectivity index (χ0) is 23.1. The van der Waals surface area contributed by atoms with E-state index in [1.165, 1.54) is 6.42 Å². The minimum Gasteiger partial charge on any atom is -0.344 e. The second-order valence-electron chi connectivity index (χ2n) is 8.93. The highest BCUT2D eigenvalue weighted by Gasteiger charge is 2.37. The van der Waals surface area contributed by atoms with Crippen LogP contribution in [0, 0.1) is 0 Å². The third-order valence-corrected chi connectivity index (χ3v) is 6.81. The van der Waals surface area contributed by atoms with E-state index in [-0.39, 0.29) is 42.8 Å². The molecule has 176 valence electrons. The van der Waals surface area contributed by atoms with Gasteiger partial charge in [-0.25, -0.2) is 0 Å². The van der Waals surface area contributed by atoms with E-state index >= 15 is 0 Å². The molecule has 0 bridgehead atoms. The number of carbonyl (C=O) groups excluding carboxylic acids is 3. The second kappa shape index (κ2) is 11.7. The van der Waals surface area contributed by atoms with Crippen LogP contribution in [0.2, 0.25) is 5.02 Å². The fraction of sp³-hybridized carbons (Fsp3) is 0.625. The van der Waals surface area contributed by atoms with Crippen LogP contribution in [0.25, 0.3) is 0 Å². The molecule has 8 heteroatoms. The van der Waals surface area contributed by atoms with Crippen molar-refractivity contribution in [1.29, 1.82) is 0 Å². The molecule has 3 N–H and O–H groups in total. The van der Waals surface area contributed by atoms with Crippen molar-refractivity contribution in [3.05, 3.63) is 34.9 Å². The van der Waals surface area contributed by atoms with E-state index in [1.807, 2.05) is 17.0 Å². The van der Waals surface area contributed by atoms with Crippen LogP contribution in [0.4, 0.5) is 0 Å². The molecular weight excluding hydrogens is 428 g/mol. The molecule has 2 aliphatic rings. The average molecular weight is 463 g/mol. The van der Waals surface area contributed by atoms with Crippen molar-refractivity contribution in [2.45, 2.75) is 76.4 Å². The number of benzene rings is 1. The minimum absolute atomic E-state index is 0.0375. The first kappa shape index (κ1) is 24.5. The molecule has 1 aromatic carbocycles. The molecule has 0 radical (unpaired) electrons. The molecule has 1 heterocycles. The van der Waals surface area contributed by atoms with Crippen LogP contribution in [-0.4, -0.2) is 65.3 Å². The normalized spacial score (nSPS) is 20.1. The van der Waals surface area contributed by atoms with Crippen LogP contribution in [0.15, 0.2) is 24.3 Å². The Balaban J connectivity index is 1.70. The van der Waals surface area contributed by atoms with Gasteiger partial charge in [-0.1, -0.05) is 43.0 Å². The first-order valence-corrected chi connectivity index (χ1v) is 12.1. The summed E-state index contributed by atoms with van der Waals surface area (Å²) in [5.41, 5.74) is 6.44. The highest BCUT2D eigenvalue weighted by atomic mass is 35.5. The number of halogens is 1. The Morgan fingerprint density at radius 1 is 1.12 bits per heavy atom. The summed E-state index contributed by atoms with van der Waals surface area (Å²) in [6.07, 6.45) is 6.94. The fourth-order valence-corrected chi connectivity index (χ4v) is 5.14. The lowest BCUT2D eigenvalue weighted by Gasteiger charge is -2.38. The van der Waals surface area contributed by atoms with Gasteiger partial charge in [-0.3, -0.25) is 14.4 Å². The van der Waals surface area contributed by atoms with E-state index in [1.54, 1.807) is 24.0 Å². The second-order valence-corrected chi connectivity index (χ2v) is 9.37. The van der Waals surface area contributed by atoms with Crippen LogP contribution < -0.4 is 11.1 Å². The minimum atomic E-state index is -0.672. The van der Waals surface area contributed by atoms with Gasteiger partial charge in [0.1, 0.15) is 6.04 Å². The summed E-state index contributed by atoms with van der Waals surface area (Å²) in [6, 6.07) is 6.93. The molecule has 32 heavy (non-hydrogen) atoms. The van der Waals surface area contributed by atoms with E-state index in [4.69, 9.17) is 17.3 Å². The Kier molecular flexibility index (Phi) is 8.93. The van der Waals surface area contributed by atoms with Gasteiger partial charge in [0.25, 0.3) is 0 Å². The highest BCUT2D eigenvalue weighted by Crippen LogP contribution is 2.28. The molecule has 0 aromatic heterocycles. The number of carbonyl (C=O) groups is 3. The van der Waals surface area contributed by atoms with E-state index in [0.717, 1.165) is 37.7 Å². The van der Waals surface area contributed by atoms with Crippen molar-refractivity contribution in [1.82, 2.24) is 15.1 Å². The summed E-state index contributed by atoms with van der Waals surface area (Å²) in [5, 5.41) is 3.49. The van der Waals surface area contributed by atoms with Gasteiger partial charge in [0, 0.05) is 50.5 Å². The summed E-state index contributed by atoms with van der Waals surface area (Å²) >= 11 is 5.98. The lowest BCUT2D eigenvalue weighted by Crippen LogP contribution is -2.51. The number of nitrogens with zero attached hydrogens (tertiary/aromatic N) is 2. The molecular formula is C24H35ClN4O3. The van der Waals surface area contributed by atoms with Crippen LogP contribution in [-0.2, 0) is 20.8 Å². The van der Waals surface area contributed by atoms with Gasteiger partial charge in [-0.15, -0.1) is 0 Å². The van der Waals surface area contributed by atoms with Gasteiger partial charge in [-0.05, 0) is 37.0 Å². The Morgan fingerprint density at radius 3 is 2.44 bits per heavy atom. The van der Waals surface area contributed by atoms with Gasteiger partial charge >= 0.3 is 0 Å². The van der Waals surface area contributed by atoms with Crippen LogP contribution in [0.5, 0.6) is 0 Å². The topological polar surface area (TPSA) is 95.7 Å². The van der Waals surface area contributed by atoms with Crippen LogP contribution in [0.1, 0.15) is 57.4 Å². The number of likely N-dealkylation sites (tertiary alicyclic amines) is 1. The Bertz CT molecular complexity index is 795. The van der Waals surface area contributed by atoms with Crippen molar-refractivity contribution in [2.75, 3.05) is 19.6 Å². The number of rotatable bonds is 8. The van der Waals surface area contributed by atoms with Crippen molar-refractivity contribution in [3.8, 4) is 0 Å². The average Bonchev–Trinajstić information content (AvgIpc) is 3.24. The molecule has 1 aliphatic carbocycles. The summed E-state index contributed by atoms with van der Waals surface area (Å²) < 4.78 is 0. The summed E-state index contributed by atoms with van der Waals surface area (Å²) in [6.45, 7) is 2.96. The SMILES string of the molecule is CC(=O)N(C1CCCCC1)C1CCN(C(=O)C(Cc2ccc(Cl)cc2)NC(=O)CCN)C1. The van der Waals surface area contributed by atoms with Crippen molar-refractivity contribution in [2.24, 2.45) is 5.73 Å². The fourth-order valence-electron chi connectivity index (χ4n) is 5.01. The van der Waals surface area contributed by atoms with Gasteiger partial charge in [0.15, 0.2) is 0 Å². The number of amides is 3. The zero-order valence-corrected chi connectivity index (χ0v) is 19.7. The van der Waals surface area contributed by atoms with E-state index in [9.17, 15) is 14.4 Å². The molecule has 7 nitrogen and oxygen atoms in total. The summed E-state index contributed by atoms with van der Waals surface area (Å²) in [4.78, 5) is 42.0. The van der Waals surface area contributed by atoms with Crippen molar-refractivity contribution in [3.63, 3.8) is 0 Å². The van der Waals surface area contributed by atoms with Gasteiger partial charge < -0.3 is 20.9 Å². The third kappa shape index (κ3) is 6.45. The Labute approximate surface area is 195 Å². The molecule has 1 aliphatic heterocycles. The first-order chi connectivity index (χ1) is 15.4. The zero-order valence-electron chi connectivity index (χ0n) is 18.9. The monoisotopic (exact) mass is 462 g/mol. The van der Waals surface area contributed by atoms with E-state index in [2.05, 4.69) is 5.32 Å². The molecule has 1 saturated carbocycles. The molecule has 2 fully saturated rings. The maximum absolute atomic E-state index is 13.4. The van der Waals surface area contributed by atoms with Gasteiger partial charge in [-0.2, -0.15) is 0 Å². The summed E-state index contributed by atoms with van der Waals surface area (Å²) in [5.74, 6) is -0.256. The lowest BCUT2D eigenvalue weighted by molar-refractivity contribution is -0.137. The summed E-state index contributed by atoms with van der Waals surface area (Å²) in [7, 11) is 0. The number of hydrogen-bond donors (Lipinski definition) is 2. The van der Waals surface area contributed by atoms with Crippen molar-refractivity contribution < 1.29 is 14.4 Å². The highest BCUT2D eigenvalue weighted by molar-refractivity contribution is 6.30. The molecule has 1 saturated heterocycles. The third-order valence-electron chi connectivity index (χ3n) is 6.56. The molecule has 2 unspecified atom stereocenters. The smallest absolute Gasteiger partial charge is 0.245 e. The standard InChI is InChI=1S/C24H35ClN4O3/c1-17(30)29(20-5-3-2-4-6-20)21-12-14-28(16-21)24(32)22(27-23(31)11-13-26)15-18-7-9-19(25)10-8-18/h7-10,20-22H,2-6,11-16,26H2,1H3,(H,27,31). The quantitative estimate of drug-likeness (QED) is 0.620. The molecule has 1 aromatic rings. The first-order valence-electron chi connectivity index (χ1n) is 11.7. The van der Waals surface area contributed by atoms with Gasteiger partial charge in [0.2, 0.25) is 17.7 Å². The van der Waals surface area contributed by atoms with Gasteiger partial charge in [0.05, 0.1) is 6.04 Å². The maximum Gasteiger partial charge on any atom is 0.245 e. The predicted molar refractivity (Wildman–Crippen MR) is 125 cm³/mol. The van der Waals surface area contributed by atoms with Crippen LogP contribution >= 0.6 is 11.6 Å². The maximum atomic E-state index is 13.4. The van der Waals surface area contributed by atoms with Crippen molar-refractivity contribution >= 4 is 29.3 Å². The number of nitrogens with two attached hydrogens (primary N) is 1. The molecule has 3 rings (SSSR count).